The van der Waals surface area contributed by atoms with E-state index in [9.17, 15) is 5.11 Å². The van der Waals surface area contributed by atoms with E-state index in [1.54, 1.807) is 12.1 Å². The molecule has 2 aromatic rings. The number of nitrogens with two attached hydrogens (primary N) is 1. The third-order valence-corrected chi connectivity index (χ3v) is 2.31. The highest BCUT2D eigenvalue weighted by atomic mass is 16.5. The van der Waals surface area contributed by atoms with E-state index in [0.29, 0.717) is 18.0 Å². The number of phenolic OH excluding ortho intramolecular Hbond substituents is 1. The van der Waals surface area contributed by atoms with Crippen molar-refractivity contribution in [3.8, 4) is 11.5 Å². The first kappa shape index (κ1) is 9.65. The molecule has 0 aromatic heterocycles. The molecule has 3 nitrogen and oxygen atoms in total. The summed E-state index contributed by atoms with van der Waals surface area (Å²) in [5.41, 5.74) is 6.51. The van der Waals surface area contributed by atoms with Gasteiger partial charge in [0.2, 0.25) is 0 Å². The van der Waals surface area contributed by atoms with Crippen LogP contribution in [0.2, 0.25) is 0 Å². The molecule has 0 spiro atoms. The van der Waals surface area contributed by atoms with Crippen molar-refractivity contribution < 1.29 is 9.84 Å². The van der Waals surface area contributed by atoms with Crippen LogP contribution in [0.3, 0.4) is 0 Å². The highest BCUT2D eigenvalue weighted by molar-refractivity contribution is 5.96. The minimum Gasteiger partial charge on any atom is -0.508 e. The zero-order valence-electron chi connectivity index (χ0n) is 8.53. The SMILES string of the molecule is CCOc1ccc2ccc(O)cc2c1N. The molecule has 0 atom stereocenters. The van der Waals surface area contributed by atoms with E-state index in [4.69, 9.17) is 10.5 Å². The van der Waals surface area contributed by atoms with Crippen LogP contribution in [0.5, 0.6) is 11.5 Å². The van der Waals surface area contributed by atoms with Crippen molar-refractivity contribution in [3.05, 3.63) is 30.3 Å². The molecule has 3 heteroatoms. The van der Waals surface area contributed by atoms with Gasteiger partial charge in [-0.05, 0) is 30.5 Å². The summed E-state index contributed by atoms with van der Waals surface area (Å²) in [4.78, 5) is 0. The maximum atomic E-state index is 9.38. The van der Waals surface area contributed by atoms with Crippen LogP contribution in [-0.2, 0) is 0 Å². The molecular formula is C12H13NO2. The lowest BCUT2D eigenvalue weighted by Crippen LogP contribution is -1.97. The highest BCUT2D eigenvalue weighted by Gasteiger charge is 2.05. The molecule has 15 heavy (non-hydrogen) atoms. The number of aromatic hydroxyl groups is 1. The van der Waals surface area contributed by atoms with Crippen LogP contribution in [-0.4, -0.2) is 11.7 Å². The van der Waals surface area contributed by atoms with Crippen LogP contribution in [0.4, 0.5) is 5.69 Å². The minimum absolute atomic E-state index is 0.211. The van der Waals surface area contributed by atoms with Gasteiger partial charge in [0.1, 0.15) is 11.5 Å². The first-order valence-corrected chi connectivity index (χ1v) is 4.86. The Morgan fingerprint density at radius 1 is 1.27 bits per heavy atom. The summed E-state index contributed by atoms with van der Waals surface area (Å²) in [6, 6.07) is 8.89. The molecule has 0 heterocycles. The third-order valence-electron chi connectivity index (χ3n) is 2.31. The number of benzene rings is 2. The highest BCUT2D eigenvalue weighted by Crippen LogP contribution is 2.32. The maximum Gasteiger partial charge on any atom is 0.142 e. The van der Waals surface area contributed by atoms with E-state index in [1.807, 2.05) is 25.1 Å². The van der Waals surface area contributed by atoms with E-state index in [-0.39, 0.29) is 5.75 Å². The molecule has 0 amide bonds. The Morgan fingerprint density at radius 2 is 2.00 bits per heavy atom. The van der Waals surface area contributed by atoms with Gasteiger partial charge in [-0.2, -0.15) is 0 Å². The number of hydrogen-bond acceptors (Lipinski definition) is 3. The van der Waals surface area contributed by atoms with Gasteiger partial charge in [-0.1, -0.05) is 12.1 Å². The molecule has 3 N–H and O–H groups in total. The first-order valence-electron chi connectivity index (χ1n) is 4.86. The van der Waals surface area contributed by atoms with Gasteiger partial charge in [-0.15, -0.1) is 0 Å². The van der Waals surface area contributed by atoms with E-state index in [0.717, 1.165) is 10.8 Å². The molecule has 0 bridgehead atoms. The fourth-order valence-corrected chi connectivity index (χ4v) is 1.59. The molecule has 0 aliphatic heterocycles. The Balaban J connectivity index is 2.65. The predicted molar refractivity (Wildman–Crippen MR) is 61.2 cm³/mol. The Morgan fingerprint density at radius 3 is 2.73 bits per heavy atom. The fraction of sp³-hybridized carbons (Fsp3) is 0.167. The largest absolute Gasteiger partial charge is 0.508 e. The molecule has 0 fully saturated rings. The fourth-order valence-electron chi connectivity index (χ4n) is 1.59. The average Bonchev–Trinajstić information content (AvgIpc) is 2.23. The molecule has 0 aliphatic rings. The molecule has 78 valence electrons. The lowest BCUT2D eigenvalue weighted by molar-refractivity contribution is 0.342. The lowest BCUT2D eigenvalue weighted by Gasteiger charge is -2.09. The van der Waals surface area contributed by atoms with Crippen molar-refractivity contribution in [3.63, 3.8) is 0 Å². The van der Waals surface area contributed by atoms with Crippen molar-refractivity contribution in [1.82, 2.24) is 0 Å². The Kier molecular flexibility index (Phi) is 2.37. The third kappa shape index (κ3) is 1.68. The summed E-state index contributed by atoms with van der Waals surface area (Å²) in [5.74, 6) is 0.874. The van der Waals surface area contributed by atoms with Gasteiger partial charge in [0.15, 0.2) is 0 Å². The summed E-state index contributed by atoms with van der Waals surface area (Å²) in [6.45, 7) is 2.49. The Hall–Kier alpha value is -1.90. The number of anilines is 1. The standard InChI is InChI=1S/C12H13NO2/c1-2-15-11-6-4-8-3-5-9(14)7-10(8)12(11)13/h3-7,14H,2,13H2,1H3. The Labute approximate surface area is 88.1 Å². The van der Waals surface area contributed by atoms with Gasteiger partial charge in [0, 0.05) is 5.39 Å². The van der Waals surface area contributed by atoms with Crippen LogP contribution in [0, 0.1) is 0 Å². The molecule has 0 unspecified atom stereocenters. The van der Waals surface area contributed by atoms with E-state index >= 15 is 0 Å². The number of rotatable bonds is 2. The predicted octanol–water partition coefficient (Wildman–Crippen LogP) is 2.53. The molecule has 2 rings (SSSR count). The maximum absolute atomic E-state index is 9.38. The molecular weight excluding hydrogens is 190 g/mol. The van der Waals surface area contributed by atoms with Gasteiger partial charge >= 0.3 is 0 Å². The quantitative estimate of drug-likeness (QED) is 0.737. The topological polar surface area (TPSA) is 55.5 Å². The summed E-state index contributed by atoms with van der Waals surface area (Å²) in [6.07, 6.45) is 0. The second-order valence-electron chi connectivity index (χ2n) is 3.32. The summed E-state index contributed by atoms with van der Waals surface area (Å²) >= 11 is 0. The van der Waals surface area contributed by atoms with Gasteiger partial charge in [-0.25, -0.2) is 0 Å². The summed E-state index contributed by atoms with van der Waals surface area (Å²) < 4.78 is 5.38. The minimum atomic E-state index is 0.211. The number of phenols is 1. The van der Waals surface area contributed by atoms with Crippen molar-refractivity contribution in [1.29, 1.82) is 0 Å². The number of nitrogen functional groups attached to an aromatic ring is 1. The molecule has 0 radical (unpaired) electrons. The zero-order chi connectivity index (χ0) is 10.8. The first-order chi connectivity index (χ1) is 7.22. The van der Waals surface area contributed by atoms with Crippen LogP contribution < -0.4 is 10.5 Å². The van der Waals surface area contributed by atoms with Crippen LogP contribution in [0.1, 0.15) is 6.92 Å². The number of hydrogen-bond donors (Lipinski definition) is 2. The van der Waals surface area contributed by atoms with Crippen molar-refractivity contribution in [2.45, 2.75) is 6.92 Å². The molecule has 0 saturated carbocycles. The molecule has 2 aromatic carbocycles. The average molecular weight is 203 g/mol. The second kappa shape index (κ2) is 3.69. The van der Waals surface area contributed by atoms with Crippen molar-refractivity contribution in [2.75, 3.05) is 12.3 Å². The monoisotopic (exact) mass is 203 g/mol. The second-order valence-corrected chi connectivity index (χ2v) is 3.32. The van der Waals surface area contributed by atoms with Crippen molar-refractivity contribution >= 4 is 16.5 Å². The van der Waals surface area contributed by atoms with Crippen LogP contribution in [0.15, 0.2) is 30.3 Å². The number of fused-ring (bicyclic) bond motifs is 1. The normalized spacial score (nSPS) is 10.5. The summed E-state index contributed by atoms with van der Waals surface area (Å²) in [5, 5.41) is 11.2. The summed E-state index contributed by atoms with van der Waals surface area (Å²) in [7, 11) is 0. The zero-order valence-corrected chi connectivity index (χ0v) is 8.53. The van der Waals surface area contributed by atoms with E-state index < -0.39 is 0 Å². The van der Waals surface area contributed by atoms with Gasteiger partial charge in [0.25, 0.3) is 0 Å². The lowest BCUT2D eigenvalue weighted by atomic mass is 10.1. The van der Waals surface area contributed by atoms with Gasteiger partial charge in [-0.3, -0.25) is 0 Å². The van der Waals surface area contributed by atoms with Crippen LogP contribution in [0.25, 0.3) is 10.8 Å². The van der Waals surface area contributed by atoms with Gasteiger partial charge < -0.3 is 15.6 Å². The van der Waals surface area contributed by atoms with Crippen molar-refractivity contribution in [2.24, 2.45) is 0 Å². The number of ether oxygens (including phenoxy) is 1. The van der Waals surface area contributed by atoms with E-state index in [2.05, 4.69) is 0 Å². The van der Waals surface area contributed by atoms with Gasteiger partial charge in [0.05, 0.1) is 12.3 Å². The smallest absolute Gasteiger partial charge is 0.142 e. The van der Waals surface area contributed by atoms with E-state index in [1.165, 1.54) is 0 Å². The Bertz CT molecular complexity index is 494. The molecule has 0 saturated heterocycles. The molecule has 0 aliphatic carbocycles. The van der Waals surface area contributed by atoms with Crippen LogP contribution >= 0.6 is 0 Å².